The highest BCUT2D eigenvalue weighted by molar-refractivity contribution is 5.68. The second-order valence-corrected chi connectivity index (χ2v) is 5.36. The molecule has 104 valence electrons. The molecule has 0 spiro atoms. The van der Waals surface area contributed by atoms with Crippen molar-refractivity contribution in [1.29, 1.82) is 0 Å². The molecule has 1 fully saturated rings. The molecule has 0 unspecified atom stereocenters. The van der Waals surface area contributed by atoms with Gasteiger partial charge in [-0.1, -0.05) is 19.4 Å². The highest BCUT2D eigenvalue weighted by Gasteiger charge is 2.32. The fourth-order valence-electron chi connectivity index (χ4n) is 2.39. The van der Waals surface area contributed by atoms with Crippen molar-refractivity contribution >= 4 is 11.4 Å². The summed E-state index contributed by atoms with van der Waals surface area (Å²) in [6, 6.07) is 5.16. The lowest BCUT2D eigenvalue weighted by molar-refractivity contribution is -0.384. The fourth-order valence-corrected chi connectivity index (χ4v) is 2.39. The Bertz CT molecular complexity index is 470. The van der Waals surface area contributed by atoms with Crippen molar-refractivity contribution in [2.45, 2.75) is 33.1 Å². The molecule has 0 amide bonds. The highest BCUT2D eigenvalue weighted by Crippen LogP contribution is 2.41. The van der Waals surface area contributed by atoms with Crippen LogP contribution in [0.4, 0.5) is 11.4 Å². The average Bonchev–Trinajstić information content (AvgIpc) is 2.34. The molecule has 1 saturated carbocycles. The fraction of sp³-hybridized carbons (Fsp3) is 0.571. The number of ether oxygens (including phenoxy) is 1. The summed E-state index contributed by atoms with van der Waals surface area (Å²) < 4.78 is 5.33. The van der Waals surface area contributed by atoms with Crippen LogP contribution in [0.1, 0.15) is 33.1 Å². The summed E-state index contributed by atoms with van der Waals surface area (Å²) in [5.41, 5.74) is 0.853. The maximum absolute atomic E-state index is 11.2. The maximum Gasteiger partial charge on any atom is 0.333 e. The van der Waals surface area contributed by atoms with Gasteiger partial charge in [0.15, 0.2) is 5.75 Å². The predicted molar refractivity (Wildman–Crippen MR) is 74.7 cm³/mol. The van der Waals surface area contributed by atoms with E-state index < -0.39 is 0 Å². The Hall–Kier alpha value is -1.78. The topological polar surface area (TPSA) is 64.4 Å². The second kappa shape index (κ2) is 5.47. The first-order chi connectivity index (χ1) is 9.06. The Kier molecular flexibility index (Phi) is 3.93. The van der Waals surface area contributed by atoms with Gasteiger partial charge in [0.1, 0.15) is 5.69 Å². The summed E-state index contributed by atoms with van der Waals surface area (Å²) in [6.07, 6.45) is 3.61. The van der Waals surface area contributed by atoms with E-state index in [-0.39, 0.29) is 16.0 Å². The van der Waals surface area contributed by atoms with Crippen LogP contribution in [0.2, 0.25) is 0 Å². The smallest absolute Gasteiger partial charge is 0.333 e. The standard InChI is InChI=1S/C14H20N2O3/c1-3-19-12-7-4-6-11(13(12)16(17)18)15-10-14(2)8-5-9-14/h4,6-7,15H,3,5,8-10H2,1-2H3. The van der Waals surface area contributed by atoms with Crippen LogP contribution in [0, 0.1) is 15.5 Å². The first-order valence-electron chi connectivity index (χ1n) is 6.70. The lowest BCUT2D eigenvalue weighted by Crippen LogP contribution is -2.33. The molecule has 0 radical (unpaired) electrons. The van der Waals surface area contributed by atoms with E-state index in [2.05, 4.69) is 12.2 Å². The molecule has 0 bridgehead atoms. The molecule has 5 nitrogen and oxygen atoms in total. The van der Waals surface area contributed by atoms with Crippen molar-refractivity contribution in [2.75, 3.05) is 18.5 Å². The number of hydrogen-bond donors (Lipinski definition) is 1. The molecule has 5 heteroatoms. The molecule has 1 aliphatic carbocycles. The molecule has 19 heavy (non-hydrogen) atoms. The lowest BCUT2D eigenvalue weighted by Gasteiger charge is -2.38. The van der Waals surface area contributed by atoms with E-state index >= 15 is 0 Å². The molecular formula is C14H20N2O3. The second-order valence-electron chi connectivity index (χ2n) is 5.36. The van der Waals surface area contributed by atoms with Crippen LogP contribution in [0.3, 0.4) is 0 Å². The summed E-state index contributed by atoms with van der Waals surface area (Å²) >= 11 is 0. The van der Waals surface area contributed by atoms with Crippen LogP contribution in [0.25, 0.3) is 0 Å². The van der Waals surface area contributed by atoms with E-state index in [0.717, 1.165) is 6.54 Å². The minimum Gasteiger partial charge on any atom is -0.487 e. The Labute approximate surface area is 113 Å². The number of anilines is 1. The normalized spacial score (nSPS) is 16.5. The van der Waals surface area contributed by atoms with E-state index in [1.165, 1.54) is 19.3 Å². The number of nitrogens with one attached hydrogen (secondary N) is 1. The van der Waals surface area contributed by atoms with Crippen LogP contribution in [-0.4, -0.2) is 18.1 Å². The van der Waals surface area contributed by atoms with E-state index in [4.69, 9.17) is 4.74 Å². The summed E-state index contributed by atoms with van der Waals surface area (Å²) in [5.74, 6) is 0.330. The van der Waals surface area contributed by atoms with Crippen LogP contribution in [-0.2, 0) is 0 Å². The van der Waals surface area contributed by atoms with Crippen LogP contribution < -0.4 is 10.1 Å². The van der Waals surface area contributed by atoms with Crippen molar-refractivity contribution in [1.82, 2.24) is 0 Å². The van der Waals surface area contributed by atoms with E-state index in [9.17, 15) is 10.1 Å². The van der Waals surface area contributed by atoms with Crippen LogP contribution >= 0.6 is 0 Å². The molecule has 1 aromatic carbocycles. The van der Waals surface area contributed by atoms with Gasteiger partial charge in [0.05, 0.1) is 11.5 Å². The van der Waals surface area contributed by atoms with Gasteiger partial charge in [-0.2, -0.15) is 0 Å². The number of benzene rings is 1. The maximum atomic E-state index is 11.2. The average molecular weight is 264 g/mol. The van der Waals surface area contributed by atoms with Crippen molar-refractivity contribution in [3.05, 3.63) is 28.3 Å². The Morgan fingerprint density at radius 3 is 2.74 bits per heavy atom. The molecule has 2 rings (SSSR count). The molecule has 0 atom stereocenters. The Morgan fingerprint density at radius 1 is 1.47 bits per heavy atom. The van der Waals surface area contributed by atoms with Gasteiger partial charge in [0, 0.05) is 6.54 Å². The van der Waals surface area contributed by atoms with Crippen molar-refractivity contribution in [2.24, 2.45) is 5.41 Å². The zero-order valence-electron chi connectivity index (χ0n) is 11.4. The van der Waals surface area contributed by atoms with Gasteiger partial charge in [-0.15, -0.1) is 0 Å². The summed E-state index contributed by atoms with van der Waals surface area (Å²) in [7, 11) is 0. The van der Waals surface area contributed by atoms with Gasteiger partial charge < -0.3 is 10.1 Å². The quantitative estimate of drug-likeness (QED) is 0.630. The first kappa shape index (κ1) is 13.6. The van der Waals surface area contributed by atoms with E-state index in [0.29, 0.717) is 18.0 Å². The van der Waals surface area contributed by atoms with Gasteiger partial charge in [-0.05, 0) is 37.3 Å². The Morgan fingerprint density at radius 2 is 2.21 bits per heavy atom. The monoisotopic (exact) mass is 264 g/mol. The number of para-hydroxylation sites is 1. The molecule has 1 N–H and O–H groups in total. The van der Waals surface area contributed by atoms with Gasteiger partial charge in [-0.3, -0.25) is 10.1 Å². The molecule has 1 aliphatic rings. The molecule has 0 aromatic heterocycles. The summed E-state index contributed by atoms with van der Waals surface area (Å²) in [6.45, 7) is 5.21. The third-order valence-electron chi connectivity index (χ3n) is 3.75. The van der Waals surface area contributed by atoms with Gasteiger partial charge in [-0.25, -0.2) is 0 Å². The van der Waals surface area contributed by atoms with Gasteiger partial charge in [0.2, 0.25) is 0 Å². The zero-order chi connectivity index (χ0) is 13.9. The molecule has 0 aliphatic heterocycles. The van der Waals surface area contributed by atoms with Crippen molar-refractivity contribution < 1.29 is 9.66 Å². The number of rotatable bonds is 6. The Balaban J connectivity index is 2.18. The minimum atomic E-state index is -0.379. The first-order valence-corrected chi connectivity index (χ1v) is 6.70. The van der Waals surface area contributed by atoms with Crippen LogP contribution in [0.15, 0.2) is 18.2 Å². The van der Waals surface area contributed by atoms with Crippen molar-refractivity contribution in [3.63, 3.8) is 0 Å². The molecule has 0 heterocycles. The minimum absolute atomic E-state index is 0.0345. The van der Waals surface area contributed by atoms with E-state index in [1.807, 2.05) is 6.92 Å². The molecule has 1 aromatic rings. The predicted octanol–water partition coefficient (Wildman–Crippen LogP) is 3.60. The third-order valence-corrected chi connectivity index (χ3v) is 3.75. The number of nitrogens with zero attached hydrogens (tertiary/aromatic N) is 1. The van der Waals surface area contributed by atoms with Gasteiger partial charge in [0.25, 0.3) is 0 Å². The summed E-state index contributed by atoms with van der Waals surface area (Å²) in [5, 5.41) is 14.4. The number of hydrogen-bond acceptors (Lipinski definition) is 4. The van der Waals surface area contributed by atoms with Gasteiger partial charge >= 0.3 is 5.69 Å². The molecule has 0 saturated heterocycles. The zero-order valence-corrected chi connectivity index (χ0v) is 11.4. The number of nitro groups is 1. The highest BCUT2D eigenvalue weighted by atomic mass is 16.6. The number of nitro benzene ring substituents is 1. The molecular weight excluding hydrogens is 244 g/mol. The summed E-state index contributed by atoms with van der Waals surface area (Å²) in [4.78, 5) is 10.8. The van der Waals surface area contributed by atoms with Crippen LogP contribution in [0.5, 0.6) is 5.75 Å². The third kappa shape index (κ3) is 2.97. The lowest BCUT2D eigenvalue weighted by atomic mass is 9.70. The SMILES string of the molecule is CCOc1cccc(NCC2(C)CCC2)c1[N+](=O)[O-]. The van der Waals surface area contributed by atoms with Crippen molar-refractivity contribution in [3.8, 4) is 5.75 Å². The largest absolute Gasteiger partial charge is 0.487 e. The van der Waals surface area contributed by atoms with E-state index in [1.54, 1.807) is 18.2 Å².